The molecule has 0 aliphatic rings. The van der Waals surface area contributed by atoms with Crippen LogP contribution in [0, 0.1) is 6.92 Å². The van der Waals surface area contributed by atoms with Crippen LogP contribution in [0.25, 0.3) is 0 Å². The van der Waals surface area contributed by atoms with Crippen LogP contribution in [0.15, 0.2) is 23.1 Å². The van der Waals surface area contributed by atoms with E-state index in [0.717, 1.165) is 0 Å². The lowest BCUT2D eigenvalue weighted by Gasteiger charge is -2.09. The molecule has 2 N–H and O–H groups in total. The molecule has 1 aromatic carbocycles. The Bertz CT molecular complexity index is 785. The van der Waals surface area contributed by atoms with E-state index in [9.17, 15) is 8.42 Å². The number of anilines is 1. The quantitative estimate of drug-likeness (QED) is 0.862. The second-order valence-electron chi connectivity index (χ2n) is 4.60. The fourth-order valence-electron chi connectivity index (χ4n) is 2.07. The number of hydrogen-bond donors (Lipinski definition) is 1. The van der Waals surface area contributed by atoms with Crippen molar-refractivity contribution < 1.29 is 8.42 Å². The zero-order chi connectivity index (χ0) is 15.8. The molecule has 0 unspecified atom stereocenters. The monoisotopic (exact) mass is 347 g/mol. The van der Waals surface area contributed by atoms with E-state index in [4.69, 9.17) is 28.9 Å². The fourth-order valence-corrected chi connectivity index (χ4v) is 4.03. The number of aromatic nitrogens is 2. The minimum Gasteiger partial charge on any atom is -0.398 e. The van der Waals surface area contributed by atoms with Gasteiger partial charge in [-0.05, 0) is 32.0 Å². The molecule has 2 rings (SSSR count). The first kappa shape index (κ1) is 16.1. The first-order chi connectivity index (χ1) is 9.76. The highest BCUT2D eigenvalue weighted by atomic mass is 35.5. The maximum Gasteiger partial charge on any atom is 0.186 e. The summed E-state index contributed by atoms with van der Waals surface area (Å²) in [4.78, 5) is 0.0458. The Morgan fingerprint density at radius 1 is 1.33 bits per heavy atom. The number of nitrogens with two attached hydrogens (primary N) is 1. The Labute approximate surface area is 133 Å². The average Bonchev–Trinajstić information content (AvgIpc) is 2.65. The second-order valence-corrected chi connectivity index (χ2v) is 7.38. The molecule has 0 amide bonds. The third kappa shape index (κ3) is 3.17. The smallest absolute Gasteiger partial charge is 0.186 e. The zero-order valence-electron chi connectivity index (χ0n) is 11.6. The van der Waals surface area contributed by atoms with E-state index >= 15 is 0 Å². The molecule has 0 radical (unpaired) electrons. The molecule has 0 saturated carbocycles. The van der Waals surface area contributed by atoms with Crippen molar-refractivity contribution in [3.8, 4) is 0 Å². The van der Waals surface area contributed by atoms with Gasteiger partial charge in [0.05, 0.1) is 32.7 Å². The van der Waals surface area contributed by atoms with E-state index in [1.165, 1.54) is 18.2 Å². The normalized spacial score (nSPS) is 11.8. The maximum absolute atomic E-state index is 12.5. The third-order valence-electron chi connectivity index (χ3n) is 3.09. The molecule has 0 atom stereocenters. The van der Waals surface area contributed by atoms with Crippen molar-refractivity contribution >= 4 is 38.7 Å². The van der Waals surface area contributed by atoms with E-state index in [2.05, 4.69) is 5.10 Å². The molecule has 8 heteroatoms. The minimum atomic E-state index is -3.63. The van der Waals surface area contributed by atoms with Crippen LogP contribution < -0.4 is 5.73 Å². The maximum atomic E-state index is 12.5. The van der Waals surface area contributed by atoms with Gasteiger partial charge >= 0.3 is 0 Å². The topological polar surface area (TPSA) is 78.0 Å². The molecule has 0 saturated heterocycles. The predicted octanol–water partition coefficient (Wildman–Crippen LogP) is 3.07. The van der Waals surface area contributed by atoms with Gasteiger partial charge in [-0.15, -0.1) is 0 Å². The molecule has 1 aromatic heterocycles. The molecule has 0 fully saturated rings. The molecule has 0 aliphatic carbocycles. The van der Waals surface area contributed by atoms with E-state index in [-0.39, 0.29) is 16.3 Å². The van der Waals surface area contributed by atoms with Crippen LogP contribution in [0.5, 0.6) is 0 Å². The van der Waals surface area contributed by atoms with E-state index in [0.29, 0.717) is 28.0 Å². The Morgan fingerprint density at radius 2 is 2.00 bits per heavy atom. The highest BCUT2D eigenvalue weighted by molar-refractivity contribution is 7.90. The predicted molar refractivity (Wildman–Crippen MR) is 84.4 cm³/mol. The second kappa shape index (κ2) is 5.87. The molecule has 5 nitrogen and oxygen atoms in total. The van der Waals surface area contributed by atoms with Crippen LogP contribution in [0.3, 0.4) is 0 Å². The number of sulfone groups is 1. The summed E-state index contributed by atoms with van der Waals surface area (Å²) in [6.45, 7) is 4.14. The van der Waals surface area contributed by atoms with Crippen molar-refractivity contribution in [2.24, 2.45) is 0 Å². The molecule has 2 aromatic rings. The Balaban J connectivity index is 2.47. The van der Waals surface area contributed by atoms with Gasteiger partial charge in [-0.1, -0.05) is 23.2 Å². The van der Waals surface area contributed by atoms with Gasteiger partial charge in [-0.2, -0.15) is 5.10 Å². The van der Waals surface area contributed by atoms with Gasteiger partial charge in [0.25, 0.3) is 0 Å². The van der Waals surface area contributed by atoms with Crippen molar-refractivity contribution in [3.63, 3.8) is 0 Å². The van der Waals surface area contributed by atoms with Crippen LogP contribution in [-0.2, 0) is 22.1 Å². The van der Waals surface area contributed by atoms with Crippen LogP contribution in [0.2, 0.25) is 10.0 Å². The Morgan fingerprint density at radius 3 is 2.57 bits per heavy atom. The number of hydrogen-bond acceptors (Lipinski definition) is 4. The summed E-state index contributed by atoms with van der Waals surface area (Å²) in [6, 6.07) is 4.31. The van der Waals surface area contributed by atoms with E-state index < -0.39 is 9.84 Å². The highest BCUT2D eigenvalue weighted by Gasteiger charge is 2.23. The lowest BCUT2D eigenvalue weighted by Crippen LogP contribution is -2.12. The number of halogens is 2. The van der Waals surface area contributed by atoms with Crippen LogP contribution in [0.1, 0.15) is 18.3 Å². The summed E-state index contributed by atoms with van der Waals surface area (Å²) in [6.07, 6.45) is 0. The first-order valence-electron chi connectivity index (χ1n) is 6.25. The minimum absolute atomic E-state index is 0.0458. The Hall–Kier alpha value is -1.24. The summed E-state index contributed by atoms with van der Waals surface area (Å²) in [5.41, 5.74) is 6.95. The van der Waals surface area contributed by atoms with Crippen LogP contribution in [0.4, 0.5) is 5.69 Å². The van der Waals surface area contributed by atoms with Gasteiger partial charge in [0, 0.05) is 11.6 Å². The van der Waals surface area contributed by atoms with Crippen LogP contribution in [-0.4, -0.2) is 18.2 Å². The summed E-state index contributed by atoms with van der Waals surface area (Å²) in [5, 5.41) is 4.97. The lowest BCUT2D eigenvalue weighted by atomic mass is 10.3. The summed E-state index contributed by atoms with van der Waals surface area (Å²) in [5.74, 6) is -0.258. The summed E-state index contributed by atoms with van der Waals surface area (Å²) >= 11 is 11.9. The third-order valence-corrected chi connectivity index (χ3v) is 5.51. The van der Waals surface area contributed by atoms with Gasteiger partial charge < -0.3 is 5.73 Å². The number of aryl methyl sites for hydroxylation is 2. The molecule has 0 aliphatic heterocycles. The number of nitrogen functional groups attached to an aromatic ring is 1. The molecule has 0 bridgehead atoms. The van der Waals surface area contributed by atoms with Gasteiger partial charge in [0.1, 0.15) is 0 Å². The van der Waals surface area contributed by atoms with Gasteiger partial charge in [0.2, 0.25) is 0 Å². The molecule has 21 heavy (non-hydrogen) atoms. The van der Waals surface area contributed by atoms with Crippen LogP contribution >= 0.6 is 23.2 Å². The Kier molecular flexibility index (Phi) is 4.51. The number of rotatable bonds is 4. The summed E-state index contributed by atoms with van der Waals surface area (Å²) < 4.78 is 26.7. The summed E-state index contributed by atoms with van der Waals surface area (Å²) in [7, 11) is -3.63. The van der Waals surface area contributed by atoms with Crippen molar-refractivity contribution in [1.82, 2.24) is 9.78 Å². The van der Waals surface area contributed by atoms with Gasteiger partial charge in [0.15, 0.2) is 9.84 Å². The molecule has 1 heterocycles. The first-order valence-corrected chi connectivity index (χ1v) is 8.66. The largest absolute Gasteiger partial charge is 0.398 e. The molecule has 114 valence electrons. The lowest BCUT2D eigenvalue weighted by molar-refractivity contribution is 0.586. The average molecular weight is 348 g/mol. The standard InChI is InChI=1S/C13H15Cl2N3O2S/c1-3-18-11(13(15)8(2)17-18)7-21(19,20)12-5-4-9(14)6-10(12)16/h4-6H,3,7,16H2,1-2H3. The van der Waals surface area contributed by atoms with Crippen molar-refractivity contribution in [2.45, 2.75) is 31.0 Å². The fraction of sp³-hybridized carbons (Fsp3) is 0.308. The molecule has 0 spiro atoms. The molecular formula is C13H15Cl2N3O2S. The number of benzene rings is 1. The zero-order valence-corrected chi connectivity index (χ0v) is 13.9. The number of nitrogens with zero attached hydrogens (tertiary/aromatic N) is 2. The highest BCUT2D eigenvalue weighted by Crippen LogP contribution is 2.28. The molecular weight excluding hydrogens is 333 g/mol. The van der Waals surface area contributed by atoms with Crippen molar-refractivity contribution in [3.05, 3.63) is 39.6 Å². The van der Waals surface area contributed by atoms with E-state index in [1.807, 2.05) is 6.92 Å². The SMILES string of the molecule is CCn1nc(C)c(Cl)c1CS(=O)(=O)c1ccc(Cl)cc1N. The van der Waals surface area contributed by atoms with Gasteiger partial charge in [-0.25, -0.2) is 8.42 Å². The van der Waals surface area contributed by atoms with E-state index in [1.54, 1.807) is 11.6 Å². The van der Waals surface area contributed by atoms with Crippen molar-refractivity contribution in [2.75, 3.05) is 5.73 Å². The van der Waals surface area contributed by atoms with Gasteiger partial charge in [-0.3, -0.25) is 4.68 Å². The van der Waals surface area contributed by atoms with Crippen molar-refractivity contribution in [1.29, 1.82) is 0 Å².